The Morgan fingerprint density at radius 3 is 2.53 bits per heavy atom. The number of aromatic nitrogens is 5. The van der Waals surface area contributed by atoms with Crippen molar-refractivity contribution in [3.05, 3.63) is 36.0 Å². The smallest absolute Gasteiger partial charge is 0.326 e. The summed E-state index contributed by atoms with van der Waals surface area (Å²) in [4.78, 5) is 19.4. The van der Waals surface area contributed by atoms with E-state index in [4.69, 9.17) is 0 Å². The molecule has 32 heavy (non-hydrogen) atoms. The van der Waals surface area contributed by atoms with Gasteiger partial charge in [-0.05, 0) is 24.3 Å². The number of fused-ring (bicyclic) bond motifs is 2. The molecule has 0 aliphatic rings. The second kappa shape index (κ2) is 7.29. The summed E-state index contributed by atoms with van der Waals surface area (Å²) < 4.78 is 67.5. The van der Waals surface area contributed by atoms with Crippen molar-refractivity contribution >= 4 is 43.5 Å². The van der Waals surface area contributed by atoms with Crippen LogP contribution < -0.4 is 5.32 Å². The van der Waals surface area contributed by atoms with E-state index in [-0.39, 0.29) is 44.7 Å². The van der Waals surface area contributed by atoms with Gasteiger partial charge in [0.2, 0.25) is 11.9 Å². The lowest BCUT2D eigenvalue weighted by Gasteiger charge is -2.07. The number of pyridine rings is 1. The van der Waals surface area contributed by atoms with Crippen LogP contribution in [0.1, 0.15) is 19.4 Å². The fourth-order valence-electron chi connectivity index (χ4n) is 3.32. The van der Waals surface area contributed by atoms with Gasteiger partial charge >= 0.3 is 6.18 Å². The number of anilines is 1. The molecule has 1 aromatic carbocycles. The molecule has 0 radical (unpaired) electrons. The largest absolute Gasteiger partial charge is 0.417 e. The predicted octanol–water partition coefficient (Wildman–Crippen LogP) is 3.08. The van der Waals surface area contributed by atoms with Crippen LogP contribution in [0.15, 0.2) is 35.5 Å². The van der Waals surface area contributed by atoms with Gasteiger partial charge in [0.25, 0.3) is 0 Å². The van der Waals surface area contributed by atoms with Gasteiger partial charge in [0.15, 0.2) is 20.5 Å². The highest BCUT2D eigenvalue weighted by Crippen LogP contribution is 2.32. The molecule has 13 heteroatoms. The number of hydrogen-bond acceptors (Lipinski definition) is 6. The maximum absolute atomic E-state index is 13.1. The first-order valence-corrected chi connectivity index (χ1v) is 11.0. The molecule has 3 heterocycles. The maximum Gasteiger partial charge on any atom is 0.417 e. The minimum Gasteiger partial charge on any atom is -0.326 e. The first-order chi connectivity index (χ1) is 14.9. The van der Waals surface area contributed by atoms with Crippen molar-refractivity contribution < 1.29 is 26.4 Å². The molecule has 0 unspecified atom stereocenters. The Balaban J connectivity index is 2.00. The average molecular weight is 466 g/mol. The number of hydrogen-bond donors (Lipinski definition) is 1. The Bertz CT molecular complexity index is 1490. The van der Waals surface area contributed by atoms with Crippen molar-refractivity contribution in [3.63, 3.8) is 0 Å². The molecule has 4 rings (SSSR count). The summed E-state index contributed by atoms with van der Waals surface area (Å²) in [5.41, 5.74) is -0.223. The van der Waals surface area contributed by atoms with Crippen LogP contribution >= 0.6 is 0 Å². The third-order valence-electron chi connectivity index (χ3n) is 4.83. The Labute approximate surface area is 179 Å². The van der Waals surface area contributed by atoms with E-state index in [1.165, 1.54) is 43.7 Å². The lowest BCUT2D eigenvalue weighted by Crippen LogP contribution is -2.14. The zero-order chi connectivity index (χ0) is 23.4. The van der Waals surface area contributed by atoms with Crippen LogP contribution in [0.3, 0.4) is 0 Å². The molecule has 168 valence electrons. The molecule has 0 spiro atoms. The summed E-state index contributed by atoms with van der Waals surface area (Å²) in [5.74, 6) is -0.565. The fourth-order valence-corrected chi connectivity index (χ4v) is 4.49. The van der Waals surface area contributed by atoms with E-state index in [1.54, 1.807) is 0 Å². The molecular formula is C19H17F3N6O3S. The number of rotatable bonds is 4. The van der Waals surface area contributed by atoms with Crippen molar-refractivity contribution in [2.75, 3.05) is 11.1 Å². The van der Waals surface area contributed by atoms with Gasteiger partial charge < -0.3 is 5.32 Å². The minimum absolute atomic E-state index is 0.0175. The Morgan fingerprint density at radius 1 is 1.19 bits per heavy atom. The second-order valence-corrected chi connectivity index (χ2v) is 9.26. The zero-order valence-corrected chi connectivity index (χ0v) is 17.9. The van der Waals surface area contributed by atoms with Crippen LogP contribution in [0.2, 0.25) is 0 Å². The number of imidazole rings is 1. The van der Waals surface area contributed by atoms with E-state index in [1.807, 2.05) is 0 Å². The molecule has 0 atom stereocenters. The van der Waals surface area contributed by atoms with Crippen LogP contribution in [0.25, 0.3) is 28.0 Å². The van der Waals surface area contributed by atoms with E-state index < -0.39 is 21.6 Å². The summed E-state index contributed by atoms with van der Waals surface area (Å²) in [6, 6.07) is 5.40. The number of halogens is 3. The number of nitrogens with one attached hydrogen (secondary N) is 1. The molecule has 1 N–H and O–H groups in total. The third kappa shape index (κ3) is 3.57. The fraction of sp³-hybridized carbons (Fsp3) is 0.263. The molecule has 9 nitrogen and oxygen atoms in total. The lowest BCUT2D eigenvalue weighted by molar-refractivity contribution is -0.137. The van der Waals surface area contributed by atoms with Crippen LogP contribution in [0.4, 0.5) is 18.9 Å². The second-order valence-electron chi connectivity index (χ2n) is 7.07. The number of benzene rings is 1. The predicted molar refractivity (Wildman–Crippen MR) is 110 cm³/mol. The molecular weight excluding hydrogens is 449 g/mol. The van der Waals surface area contributed by atoms with Crippen molar-refractivity contribution in [1.82, 2.24) is 24.3 Å². The van der Waals surface area contributed by atoms with Crippen molar-refractivity contribution in [1.29, 1.82) is 0 Å². The summed E-state index contributed by atoms with van der Waals surface area (Å²) in [5, 5.41) is 7.08. The van der Waals surface area contributed by atoms with Crippen LogP contribution in [0, 0.1) is 0 Å². The molecule has 3 aromatic heterocycles. The number of nitrogens with zero attached hydrogens (tertiary/aromatic N) is 5. The molecule has 0 aliphatic carbocycles. The van der Waals surface area contributed by atoms with Crippen molar-refractivity contribution in [3.8, 4) is 5.95 Å². The molecule has 4 aromatic rings. The van der Waals surface area contributed by atoms with Crippen LogP contribution in [-0.4, -0.2) is 44.4 Å². The molecule has 0 saturated heterocycles. The summed E-state index contributed by atoms with van der Waals surface area (Å²) in [7, 11) is -2.32. The average Bonchev–Trinajstić information content (AvgIpc) is 3.24. The van der Waals surface area contributed by atoms with E-state index >= 15 is 0 Å². The van der Waals surface area contributed by atoms with Crippen molar-refractivity contribution in [2.45, 2.75) is 25.0 Å². The van der Waals surface area contributed by atoms with Gasteiger partial charge in [0.1, 0.15) is 5.52 Å². The number of carbonyl (C=O) groups excluding carboxylic acids is 1. The van der Waals surface area contributed by atoms with Gasteiger partial charge in [-0.15, -0.1) is 0 Å². The zero-order valence-electron chi connectivity index (χ0n) is 17.1. The Morgan fingerprint density at radius 2 is 1.91 bits per heavy atom. The summed E-state index contributed by atoms with van der Waals surface area (Å²) in [6.07, 6.45) is -3.91. The van der Waals surface area contributed by atoms with Gasteiger partial charge in [-0.1, -0.05) is 6.92 Å². The van der Waals surface area contributed by atoms with Gasteiger partial charge in [0, 0.05) is 31.2 Å². The van der Waals surface area contributed by atoms with Crippen LogP contribution in [-0.2, 0) is 27.9 Å². The number of sulfone groups is 1. The van der Waals surface area contributed by atoms with E-state index in [0.29, 0.717) is 11.9 Å². The van der Waals surface area contributed by atoms with E-state index in [0.717, 1.165) is 10.7 Å². The standard InChI is InChI=1S/C19H17F3N6O3S/c1-4-32(30,31)17-13-6-5-12(24-10(2)29)8-14(13)26-28(17)18-25-15-7-11(19(20,21)22)9-23-16(15)27(18)3/h5-9H,4H2,1-3H3,(H,24,29). The monoisotopic (exact) mass is 466 g/mol. The van der Waals surface area contributed by atoms with Gasteiger partial charge in [-0.25, -0.2) is 18.4 Å². The Hall–Kier alpha value is -3.48. The summed E-state index contributed by atoms with van der Waals surface area (Å²) in [6.45, 7) is 2.80. The first kappa shape index (κ1) is 21.7. The number of alkyl halides is 3. The number of aryl methyl sites for hydroxylation is 1. The van der Waals surface area contributed by atoms with Gasteiger partial charge in [0.05, 0.1) is 16.8 Å². The number of amides is 1. The highest BCUT2D eigenvalue weighted by Gasteiger charge is 2.32. The normalized spacial score (nSPS) is 12.6. The van der Waals surface area contributed by atoms with E-state index in [2.05, 4.69) is 20.4 Å². The van der Waals surface area contributed by atoms with Crippen LogP contribution in [0.5, 0.6) is 0 Å². The molecule has 0 aliphatic heterocycles. The Kier molecular flexibility index (Phi) is 4.95. The summed E-state index contributed by atoms with van der Waals surface area (Å²) >= 11 is 0. The minimum atomic E-state index is -4.60. The highest BCUT2D eigenvalue weighted by molar-refractivity contribution is 7.91. The topological polar surface area (TPSA) is 112 Å². The third-order valence-corrected chi connectivity index (χ3v) is 6.57. The highest BCUT2D eigenvalue weighted by atomic mass is 32.2. The molecule has 0 bridgehead atoms. The SMILES string of the molecule is CCS(=O)(=O)c1c2ccc(NC(C)=O)cc2nn1-c1nc2cc(C(F)(F)F)cnc2n1C. The lowest BCUT2D eigenvalue weighted by atomic mass is 10.2. The van der Waals surface area contributed by atoms with Crippen molar-refractivity contribution in [2.24, 2.45) is 7.05 Å². The quantitative estimate of drug-likeness (QED) is 0.495. The van der Waals surface area contributed by atoms with Gasteiger partial charge in [-0.3, -0.25) is 9.36 Å². The molecule has 0 saturated carbocycles. The van der Waals surface area contributed by atoms with Gasteiger partial charge in [-0.2, -0.15) is 23.0 Å². The van der Waals surface area contributed by atoms with E-state index in [9.17, 15) is 26.4 Å². The number of carbonyl (C=O) groups is 1. The first-order valence-electron chi connectivity index (χ1n) is 9.35. The maximum atomic E-state index is 13.1. The molecule has 0 fully saturated rings. The molecule has 1 amide bonds.